The molecule has 0 bridgehead atoms. The maximum atomic E-state index is 12.2. The zero-order valence-electron chi connectivity index (χ0n) is 10.4. The fourth-order valence-corrected chi connectivity index (χ4v) is 2.98. The van der Waals surface area contributed by atoms with Crippen LogP contribution in [0.5, 0.6) is 0 Å². The first-order chi connectivity index (χ1) is 9.51. The molecule has 106 valence electrons. The average molecular weight is 331 g/mol. The van der Waals surface area contributed by atoms with Gasteiger partial charge < -0.3 is 0 Å². The first-order valence-electron chi connectivity index (χ1n) is 5.80. The van der Waals surface area contributed by atoms with E-state index in [4.69, 9.17) is 23.2 Å². The minimum absolute atomic E-state index is 0.164. The number of halogens is 2. The summed E-state index contributed by atoms with van der Waals surface area (Å²) in [5.41, 5.74) is 0.986. The molecule has 7 heteroatoms. The summed E-state index contributed by atoms with van der Waals surface area (Å²) in [5.74, 6) is 0.680. The predicted molar refractivity (Wildman–Crippen MR) is 80.9 cm³/mol. The number of benzene rings is 1. The van der Waals surface area contributed by atoms with Gasteiger partial charge in [0.15, 0.2) is 0 Å². The molecule has 2 aromatic rings. The van der Waals surface area contributed by atoms with Crippen LogP contribution in [0.15, 0.2) is 47.5 Å². The monoisotopic (exact) mass is 330 g/mol. The number of alkyl halides is 1. The average Bonchev–Trinajstić information content (AvgIpc) is 2.39. The largest absolute Gasteiger partial charge is 0.263 e. The molecule has 1 aromatic carbocycles. The number of aromatic nitrogens is 1. The van der Waals surface area contributed by atoms with E-state index in [0.29, 0.717) is 17.3 Å². The first kappa shape index (κ1) is 15.1. The van der Waals surface area contributed by atoms with Crippen molar-refractivity contribution in [3.8, 4) is 0 Å². The van der Waals surface area contributed by atoms with Gasteiger partial charge in [-0.1, -0.05) is 23.7 Å². The highest BCUT2D eigenvalue weighted by atomic mass is 35.5. The molecule has 0 fully saturated rings. The third-order valence-corrected chi connectivity index (χ3v) is 4.37. The number of rotatable bonds is 5. The number of pyridine rings is 1. The topological polar surface area (TPSA) is 59.1 Å². The van der Waals surface area contributed by atoms with Gasteiger partial charge in [-0.2, -0.15) is 0 Å². The zero-order chi connectivity index (χ0) is 14.6. The molecule has 1 heterocycles. The zero-order valence-corrected chi connectivity index (χ0v) is 12.7. The lowest BCUT2D eigenvalue weighted by molar-refractivity contribution is 0.601. The predicted octanol–water partition coefficient (Wildman–Crippen LogP) is 3.32. The van der Waals surface area contributed by atoms with Gasteiger partial charge in [-0.3, -0.25) is 4.72 Å². The summed E-state index contributed by atoms with van der Waals surface area (Å²) in [6.07, 6.45) is 2.13. The van der Waals surface area contributed by atoms with E-state index >= 15 is 0 Å². The lowest BCUT2D eigenvalue weighted by Gasteiger charge is -2.08. The van der Waals surface area contributed by atoms with Crippen molar-refractivity contribution in [3.63, 3.8) is 0 Å². The molecular weight excluding hydrogens is 319 g/mol. The van der Waals surface area contributed by atoms with Gasteiger partial charge in [-0.25, -0.2) is 13.4 Å². The molecular formula is C13H12Cl2N2O2S. The SMILES string of the molecule is O=S(=O)(Nc1cc(Cl)ccn1)c1ccc(CCCl)cc1. The fourth-order valence-electron chi connectivity index (χ4n) is 1.60. The number of hydrogen-bond acceptors (Lipinski definition) is 3. The summed E-state index contributed by atoms with van der Waals surface area (Å²) in [5, 5.41) is 0.412. The highest BCUT2D eigenvalue weighted by molar-refractivity contribution is 7.92. The molecule has 0 aliphatic carbocycles. The summed E-state index contributed by atoms with van der Waals surface area (Å²) < 4.78 is 26.7. The second-order valence-electron chi connectivity index (χ2n) is 4.05. The van der Waals surface area contributed by atoms with Gasteiger partial charge >= 0.3 is 0 Å². The maximum Gasteiger partial charge on any atom is 0.263 e. The van der Waals surface area contributed by atoms with Crippen molar-refractivity contribution < 1.29 is 8.42 Å². The Hall–Kier alpha value is -1.30. The number of nitrogens with zero attached hydrogens (tertiary/aromatic N) is 1. The van der Waals surface area contributed by atoms with Crippen LogP contribution < -0.4 is 4.72 Å². The lowest BCUT2D eigenvalue weighted by atomic mass is 10.2. The molecule has 0 aliphatic rings. The highest BCUT2D eigenvalue weighted by Gasteiger charge is 2.14. The Morgan fingerprint density at radius 1 is 1.15 bits per heavy atom. The van der Waals surface area contributed by atoms with Gasteiger partial charge in [0.05, 0.1) is 4.90 Å². The van der Waals surface area contributed by atoms with Gasteiger partial charge in [0, 0.05) is 23.2 Å². The van der Waals surface area contributed by atoms with Crippen LogP contribution in [0.2, 0.25) is 5.02 Å². The molecule has 0 amide bonds. The Balaban J connectivity index is 2.21. The number of nitrogens with one attached hydrogen (secondary N) is 1. The fraction of sp³-hybridized carbons (Fsp3) is 0.154. The Kier molecular flexibility index (Phi) is 4.86. The Morgan fingerprint density at radius 2 is 1.85 bits per heavy atom. The van der Waals surface area contributed by atoms with Crippen LogP contribution in [0, 0.1) is 0 Å². The molecule has 0 spiro atoms. The van der Waals surface area contributed by atoms with Crippen LogP contribution >= 0.6 is 23.2 Å². The van der Waals surface area contributed by atoms with E-state index in [1.807, 2.05) is 0 Å². The normalized spacial score (nSPS) is 11.3. The molecule has 0 atom stereocenters. The minimum atomic E-state index is -3.67. The molecule has 0 saturated heterocycles. The Morgan fingerprint density at radius 3 is 2.45 bits per heavy atom. The quantitative estimate of drug-likeness (QED) is 0.855. The summed E-state index contributed by atoms with van der Waals surface area (Å²) in [4.78, 5) is 4.07. The number of anilines is 1. The van der Waals surface area contributed by atoms with Crippen LogP contribution in [-0.2, 0) is 16.4 Å². The molecule has 2 rings (SSSR count). The van der Waals surface area contributed by atoms with E-state index in [1.54, 1.807) is 18.2 Å². The van der Waals surface area contributed by atoms with Crippen molar-refractivity contribution in [2.45, 2.75) is 11.3 Å². The lowest BCUT2D eigenvalue weighted by Crippen LogP contribution is -2.13. The molecule has 4 nitrogen and oxygen atoms in total. The van der Waals surface area contributed by atoms with Crippen LogP contribution in [0.1, 0.15) is 5.56 Å². The van der Waals surface area contributed by atoms with E-state index in [1.165, 1.54) is 24.4 Å². The Labute approximate surface area is 127 Å². The molecule has 20 heavy (non-hydrogen) atoms. The number of hydrogen-bond donors (Lipinski definition) is 1. The van der Waals surface area contributed by atoms with E-state index in [0.717, 1.165) is 5.56 Å². The van der Waals surface area contributed by atoms with Crippen molar-refractivity contribution in [1.82, 2.24) is 4.98 Å². The Bertz CT molecular complexity index is 688. The van der Waals surface area contributed by atoms with E-state index < -0.39 is 10.0 Å². The molecule has 0 aliphatic heterocycles. The maximum absolute atomic E-state index is 12.2. The van der Waals surface area contributed by atoms with Crippen LogP contribution in [0.25, 0.3) is 0 Å². The highest BCUT2D eigenvalue weighted by Crippen LogP contribution is 2.17. The number of aryl methyl sites for hydroxylation is 1. The van der Waals surface area contributed by atoms with Crippen molar-refractivity contribution in [1.29, 1.82) is 0 Å². The third kappa shape index (κ3) is 3.85. The third-order valence-electron chi connectivity index (χ3n) is 2.58. The van der Waals surface area contributed by atoms with Gasteiger partial charge in [-0.05, 0) is 30.2 Å². The standard InChI is InChI=1S/C13H12Cl2N2O2S/c14-7-5-10-1-3-12(4-2-10)20(18,19)17-13-9-11(15)6-8-16-13/h1-4,6,8-9H,5,7H2,(H,16,17). The summed E-state index contributed by atoms with van der Waals surface area (Å²) >= 11 is 11.4. The minimum Gasteiger partial charge on any atom is -0.263 e. The van der Waals surface area contributed by atoms with Crippen LogP contribution in [0.3, 0.4) is 0 Å². The summed E-state index contributed by atoms with van der Waals surface area (Å²) in [6, 6.07) is 9.56. The van der Waals surface area contributed by atoms with Gasteiger partial charge in [0.25, 0.3) is 10.0 Å². The van der Waals surface area contributed by atoms with Gasteiger partial charge in [0.1, 0.15) is 5.82 Å². The van der Waals surface area contributed by atoms with E-state index in [-0.39, 0.29) is 10.7 Å². The van der Waals surface area contributed by atoms with Crippen molar-refractivity contribution >= 4 is 39.0 Å². The van der Waals surface area contributed by atoms with Crippen molar-refractivity contribution in [3.05, 3.63) is 53.2 Å². The summed E-state index contributed by atoms with van der Waals surface area (Å²) in [6.45, 7) is 0. The molecule has 0 saturated carbocycles. The molecule has 0 unspecified atom stereocenters. The van der Waals surface area contributed by atoms with Crippen LogP contribution in [0.4, 0.5) is 5.82 Å². The second kappa shape index (κ2) is 6.43. The van der Waals surface area contributed by atoms with Crippen molar-refractivity contribution in [2.24, 2.45) is 0 Å². The van der Waals surface area contributed by atoms with Gasteiger partial charge in [-0.15, -0.1) is 11.6 Å². The smallest absolute Gasteiger partial charge is 0.263 e. The van der Waals surface area contributed by atoms with Crippen molar-refractivity contribution in [2.75, 3.05) is 10.6 Å². The second-order valence-corrected chi connectivity index (χ2v) is 6.54. The summed E-state index contributed by atoms with van der Waals surface area (Å²) in [7, 11) is -3.67. The van der Waals surface area contributed by atoms with E-state index in [9.17, 15) is 8.42 Å². The molecule has 1 N–H and O–H groups in total. The van der Waals surface area contributed by atoms with Crippen LogP contribution in [-0.4, -0.2) is 19.3 Å². The number of sulfonamides is 1. The van der Waals surface area contributed by atoms with Gasteiger partial charge in [0.2, 0.25) is 0 Å². The van der Waals surface area contributed by atoms with E-state index in [2.05, 4.69) is 9.71 Å². The molecule has 1 aromatic heterocycles. The first-order valence-corrected chi connectivity index (χ1v) is 8.20. The molecule has 0 radical (unpaired) electrons.